The van der Waals surface area contributed by atoms with E-state index >= 15 is 0 Å². The highest BCUT2D eigenvalue weighted by molar-refractivity contribution is 5.98. The SMILES string of the molecule is O=C(COC(=O)c1ccccc1[N+](=O)[O-])NC(=O)NCc1ccccc1. The number of hydrogen-bond acceptors (Lipinski definition) is 6. The van der Waals surface area contributed by atoms with Crippen molar-refractivity contribution in [1.29, 1.82) is 0 Å². The summed E-state index contributed by atoms with van der Waals surface area (Å²) in [5.74, 6) is -1.89. The zero-order chi connectivity index (χ0) is 18.9. The summed E-state index contributed by atoms with van der Waals surface area (Å²) in [5, 5.41) is 15.3. The Bertz CT molecular complexity index is 822. The molecule has 0 bridgehead atoms. The second-order valence-corrected chi connectivity index (χ2v) is 5.07. The molecule has 0 aromatic heterocycles. The molecule has 2 aromatic carbocycles. The van der Waals surface area contributed by atoms with Crippen LogP contribution in [-0.2, 0) is 16.1 Å². The van der Waals surface area contributed by atoms with Crippen LogP contribution in [0.2, 0.25) is 0 Å². The molecular formula is C17H15N3O6. The van der Waals surface area contributed by atoms with Gasteiger partial charge in [-0.1, -0.05) is 42.5 Å². The molecule has 2 N–H and O–H groups in total. The number of ether oxygens (including phenoxy) is 1. The summed E-state index contributed by atoms with van der Waals surface area (Å²) < 4.78 is 4.71. The van der Waals surface area contributed by atoms with Crippen molar-refractivity contribution < 1.29 is 24.0 Å². The van der Waals surface area contributed by atoms with E-state index in [2.05, 4.69) is 5.32 Å². The van der Waals surface area contributed by atoms with Gasteiger partial charge in [-0.05, 0) is 11.6 Å². The van der Waals surface area contributed by atoms with E-state index in [-0.39, 0.29) is 12.1 Å². The average Bonchev–Trinajstić information content (AvgIpc) is 2.65. The van der Waals surface area contributed by atoms with Crippen molar-refractivity contribution in [3.8, 4) is 0 Å². The van der Waals surface area contributed by atoms with E-state index in [4.69, 9.17) is 4.74 Å². The number of carbonyl (C=O) groups excluding carboxylic acids is 3. The fourth-order valence-electron chi connectivity index (χ4n) is 2.00. The number of rotatable bonds is 6. The van der Waals surface area contributed by atoms with Crippen molar-refractivity contribution in [3.63, 3.8) is 0 Å². The summed E-state index contributed by atoms with van der Waals surface area (Å²) in [4.78, 5) is 45.2. The lowest BCUT2D eigenvalue weighted by atomic mass is 10.2. The van der Waals surface area contributed by atoms with Crippen LogP contribution in [0.15, 0.2) is 54.6 Å². The molecule has 0 unspecified atom stereocenters. The van der Waals surface area contributed by atoms with E-state index in [0.29, 0.717) is 0 Å². The molecule has 0 aliphatic rings. The molecule has 0 radical (unpaired) electrons. The summed E-state index contributed by atoms with van der Waals surface area (Å²) in [5.41, 5.74) is 0.134. The molecule has 26 heavy (non-hydrogen) atoms. The summed E-state index contributed by atoms with van der Waals surface area (Å²) >= 11 is 0. The van der Waals surface area contributed by atoms with Crippen LogP contribution < -0.4 is 10.6 Å². The highest BCUT2D eigenvalue weighted by atomic mass is 16.6. The van der Waals surface area contributed by atoms with Gasteiger partial charge in [-0.15, -0.1) is 0 Å². The topological polar surface area (TPSA) is 128 Å². The van der Waals surface area contributed by atoms with Gasteiger partial charge in [-0.25, -0.2) is 9.59 Å². The molecule has 0 spiro atoms. The Morgan fingerprint density at radius 3 is 2.35 bits per heavy atom. The van der Waals surface area contributed by atoms with Crippen molar-refractivity contribution in [2.45, 2.75) is 6.54 Å². The molecular weight excluding hydrogens is 342 g/mol. The number of nitrogens with zero attached hydrogens (tertiary/aromatic N) is 1. The Morgan fingerprint density at radius 1 is 1.00 bits per heavy atom. The second-order valence-electron chi connectivity index (χ2n) is 5.07. The van der Waals surface area contributed by atoms with Gasteiger partial charge in [0.1, 0.15) is 5.56 Å². The quantitative estimate of drug-likeness (QED) is 0.461. The number of nitrogens with one attached hydrogen (secondary N) is 2. The number of para-hydroxylation sites is 1. The van der Waals surface area contributed by atoms with Crippen molar-refractivity contribution in [1.82, 2.24) is 10.6 Å². The van der Waals surface area contributed by atoms with Crippen molar-refractivity contribution in [3.05, 3.63) is 75.8 Å². The predicted molar refractivity (Wildman–Crippen MR) is 90.2 cm³/mol. The molecule has 0 aliphatic heterocycles. The number of esters is 1. The number of nitro groups is 1. The first-order chi connectivity index (χ1) is 12.5. The molecule has 2 rings (SSSR count). The molecule has 2 aromatic rings. The molecule has 9 nitrogen and oxygen atoms in total. The smallest absolute Gasteiger partial charge is 0.345 e. The fraction of sp³-hybridized carbons (Fsp3) is 0.118. The number of imide groups is 1. The van der Waals surface area contributed by atoms with Gasteiger partial charge in [0.15, 0.2) is 6.61 Å². The first-order valence-corrected chi connectivity index (χ1v) is 7.49. The highest BCUT2D eigenvalue weighted by Gasteiger charge is 2.21. The van der Waals surface area contributed by atoms with Crippen LogP contribution in [0.5, 0.6) is 0 Å². The lowest BCUT2D eigenvalue weighted by Crippen LogP contribution is -2.41. The molecule has 0 heterocycles. The van der Waals surface area contributed by atoms with Crippen LogP contribution in [0.1, 0.15) is 15.9 Å². The van der Waals surface area contributed by atoms with E-state index in [1.807, 2.05) is 23.5 Å². The first kappa shape index (κ1) is 18.6. The maximum absolute atomic E-state index is 11.9. The van der Waals surface area contributed by atoms with Gasteiger partial charge in [0, 0.05) is 12.6 Å². The maximum atomic E-state index is 11.9. The maximum Gasteiger partial charge on any atom is 0.345 e. The zero-order valence-electron chi connectivity index (χ0n) is 13.5. The second kappa shape index (κ2) is 8.92. The molecule has 9 heteroatoms. The van der Waals surface area contributed by atoms with E-state index in [1.54, 1.807) is 12.1 Å². The van der Waals surface area contributed by atoms with Crippen molar-refractivity contribution >= 4 is 23.6 Å². The molecule has 134 valence electrons. The standard InChI is InChI=1S/C17H15N3O6/c21-15(19-17(23)18-10-12-6-2-1-3-7-12)11-26-16(22)13-8-4-5-9-14(13)20(24)25/h1-9H,10-11H2,(H2,18,19,21,23). The fourth-order valence-corrected chi connectivity index (χ4v) is 2.00. The number of amides is 3. The van der Waals surface area contributed by atoms with E-state index in [0.717, 1.165) is 11.6 Å². The van der Waals surface area contributed by atoms with Crippen LogP contribution in [-0.4, -0.2) is 29.4 Å². The Hall–Kier alpha value is -3.75. The van der Waals surface area contributed by atoms with E-state index in [9.17, 15) is 24.5 Å². The minimum atomic E-state index is -1.03. The normalized spacial score (nSPS) is 9.85. The molecule has 0 saturated carbocycles. The van der Waals surface area contributed by atoms with Gasteiger partial charge in [0.05, 0.1) is 4.92 Å². The van der Waals surface area contributed by atoms with Gasteiger partial charge in [-0.3, -0.25) is 20.2 Å². The van der Waals surface area contributed by atoms with Gasteiger partial charge >= 0.3 is 12.0 Å². The number of benzene rings is 2. The molecule has 0 saturated heterocycles. The van der Waals surface area contributed by atoms with Gasteiger partial charge in [0.2, 0.25) is 0 Å². The number of hydrogen-bond donors (Lipinski definition) is 2. The third-order valence-corrected chi connectivity index (χ3v) is 3.20. The number of urea groups is 1. The van der Waals surface area contributed by atoms with Crippen LogP contribution >= 0.6 is 0 Å². The van der Waals surface area contributed by atoms with E-state index in [1.165, 1.54) is 18.2 Å². The summed E-state index contributed by atoms with van der Waals surface area (Å²) in [6.45, 7) is -0.528. The third kappa shape index (κ3) is 5.41. The monoisotopic (exact) mass is 357 g/mol. The Morgan fingerprint density at radius 2 is 1.65 bits per heavy atom. The zero-order valence-corrected chi connectivity index (χ0v) is 13.5. The first-order valence-electron chi connectivity index (χ1n) is 7.49. The van der Waals surface area contributed by atoms with Crippen LogP contribution in [0.25, 0.3) is 0 Å². The summed E-state index contributed by atoms with van der Waals surface area (Å²) in [6, 6.07) is 13.5. The van der Waals surface area contributed by atoms with Crippen LogP contribution in [0.4, 0.5) is 10.5 Å². The lowest BCUT2D eigenvalue weighted by Gasteiger charge is -2.08. The number of nitro benzene ring substituents is 1. The average molecular weight is 357 g/mol. The largest absolute Gasteiger partial charge is 0.452 e. The molecule has 3 amide bonds. The van der Waals surface area contributed by atoms with Crippen LogP contribution in [0, 0.1) is 10.1 Å². The van der Waals surface area contributed by atoms with Gasteiger partial charge in [0.25, 0.3) is 11.6 Å². The lowest BCUT2D eigenvalue weighted by molar-refractivity contribution is -0.385. The van der Waals surface area contributed by atoms with E-state index < -0.39 is 35.1 Å². The summed E-state index contributed by atoms with van der Waals surface area (Å²) in [7, 11) is 0. The Balaban J connectivity index is 1.80. The third-order valence-electron chi connectivity index (χ3n) is 3.20. The van der Waals surface area contributed by atoms with Gasteiger partial charge in [-0.2, -0.15) is 0 Å². The summed E-state index contributed by atoms with van der Waals surface area (Å²) in [6.07, 6.45) is 0. The van der Waals surface area contributed by atoms with Crippen molar-refractivity contribution in [2.24, 2.45) is 0 Å². The Kier molecular flexibility index (Phi) is 6.38. The minimum absolute atomic E-state index is 0.218. The minimum Gasteiger partial charge on any atom is -0.452 e. The predicted octanol–water partition coefficient (Wildman–Crippen LogP) is 1.78. The van der Waals surface area contributed by atoms with Crippen molar-refractivity contribution in [2.75, 3.05) is 6.61 Å². The van der Waals surface area contributed by atoms with Gasteiger partial charge < -0.3 is 10.1 Å². The Labute approximate surface area is 148 Å². The highest BCUT2D eigenvalue weighted by Crippen LogP contribution is 2.18. The molecule has 0 aliphatic carbocycles. The number of carbonyl (C=O) groups is 3. The van der Waals surface area contributed by atoms with Crippen LogP contribution in [0.3, 0.4) is 0 Å². The molecule has 0 atom stereocenters. The molecule has 0 fully saturated rings.